The van der Waals surface area contributed by atoms with Crippen LogP contribution in [-0.2, 0) is 6.54 Å². The normalized spacial score (nSPS) is 11.5. The Labute approximate surface area is 171 Å². The van der Waals surface area contributed by atoms with E-state index >= 15 is 0 Å². The molecule has 0 spiro atoms. The second kappa shape index (κ2) is 9.23. The third-order valence-corrected chi connectivity index (χ3v) is 4.85. The molecule has 1 atom stereocenters. The van der Waals surface area contributed by atoms with Gasteiger partial charge in [0, 0.05) is 16.7 Å². The summed E-state index contributed by atoms with van der Waals surface area (Å²) in [6, 6.07) is 17.9. The van der Waals surface area contributed by atoms with Crippen LogP contribution in [0.3, 0.4) is 0 Å². The molecule has 7 heteroatoms. The molecule has 3 rings (SSSR count). The fraction of sp³-hybridized carbons (Fsp3) is 0.143. The van der Waals surface area contributed by atoms with Crippen LogP contribution in [0, 0.1) is 0 Å². The van der Waals surface area contributed by atoms with E-state index in [9.17, 15) is 9.59 Å². The fourth-order valence-corrected chi connectivity index (χ4v) is 3.27. The molecule has 0 bridgehead atoms. The van der Waals surface area contributed by atoms with Crippen LogP contribution in [0.5, 0.6) is 0 Å². The van der Waals surface area contributed by atoms with Gasteiger partial charge < -0.3 is 20.4 Å². The lowest BCUT2D eigenvalue weighted by molar-refractivity contribution is 0.0996. The molecule has 0 aliphatic carbocycles. The van der Waals surface area contributed by atoms with E-state index in [0.29, 0.717) is 12.2 Å². The number of urea groups is 1. The summed E-state index contributed by atoms with van der Waals surface area (Å²) in [7, 11) is 0. The molecule has 3 aromatic rings. The lowest BCUT2D eigenvalue weighted by Crippen LogP contribution is -2.36. The van der Waals surface area contributed by atoms with Crippen molar-refractivity contribution in [2.75, 3.05) is 5.32 Å². The molecule has 0 aliphatic rings. The molecule has 0 fully saturated rings. The number of amides is 3. The van der Waals surface area contributed by atoms with Gasteiger partial charge in [-0.15, -0.1) is 0 Å². The van der Waals surface area contributed by atoms with Gasteiger partial charge in [-0.25, -0.2) is 4.79 Å². The predicted octanol–water partition coefficient (Wildman–Crippen LogP) is 4.85. The van der Waals surface area contributed by atoms with Gasteiger partial charge in [-0.2, -0.15) is 0 Å². The first-order chi connectivity index (χ1) is 13.5. The molecule has 2 aromatic carbocycles. The smallest absolute Gasteiger partial charge is 0.315 e. The Hall–Kier alpha value is -3.06. The van der Waals surface area contributed by atoms with Crippen molar-refractivity contribution in [3.8, 4) is 0 Å². The summed E-state index contributed by atoms with van der Waals surface area (Å²) < 4.78 is 6.01. The summed E-state index contributed by atoms with van der Waals surface area (Å²) in [6.45, 7) is 2.30. The van der Waals surface area contributed by atoms with E-state index in [1.54, 1.807) is 24.3 Å². The van der Waals surface area contributed by atoms with Crippen molar-refractivity contribution < 1.29 is 14.0 Å². The molecule has 0 saturated carbocycles. The molecule has 28 heavy (non-hydrogen) atoms. The van der Waals surface area contributed by atoms with Gasteiger partial charge in [0.25, 0.3) is 5.91 Å². The summed E-state index contributed by atoms with van der Waals surface area (Å²) >= 11 is 3.49. The highest BCUT2D eigenvalue weighted by Crippen LogP contribution is 2.22. The zero-order valence-electron chi connectivity index (χ0n) is 15.2. The van der Waals surface area contributed by atoms with Crippen molar-refractivity contribution in [3.05, 3.63) is 88.3 Å². The van der Waals surface area contributed by atoms with Crippen molar-refractivity contribution in [2.24, 2.45) is 0 Å². The maximum absolute atomic E-state index is 12.2. The highest BCUT2D eigenvalue weighted by Gasteiger charge is 2.12. The van der Waals surface area contributed by atoms with Crippen LogP contribution in [-0.4, -0.2) is 11.9 Å². The number of nitrogens with one attached hydrogen (secondary N) is 3. The number of furan rings is 1. The Kier molecular flexibility index (Phi) is 6.49. The summed E-state index contributed by atoms with van der Waals surface area (Å²) in [5, 5.41) is 8.50. The molecule has 3 N–H and O–H groups in total. The van der Waals surface area contributed by atoms with Gasteiger partial charge >= 0.3 is 6.03 Å². The maximum Gasteiger partial charge on any atom is 0.315 e. The van der Waals surface area contributed by atoms with Crippen LogP contribution in [0.2, 0.25) is 0 Å². The van der Waals surface area contributed by atoms with Gasteiger partial charge in [-0.3, -0.25) is 4.79 Å². The Morgan fingerprint density at radius 1 is 1.04 bits per heavy atom. The summed E-state index contributed by atoms with van der Waals surface area (Å²) in [5.41, 5.74) is 2.58. The van der Waals surface area contributed by atoms with Crippen LogP contribution in [0.15, 0.2) is 75.8 Å². The topological polar surface area (TPSA) is 83.4 Å². The average Bonchev–Trinajstić information content (AvgIpc) is 3.23. The van der Waals surface area contributed by atoms with E-state index in [0.717, 1.165) is 15.6 Å². The Morgan fingerprint density at radius 2 is 1.79 bits per heavy atom. The summed E-state index contributed by atoms with van der Waals surface area (Å²) in [5.74, 6) is -0.0575. The molecule has 6 nitrogen and oxygen atoms in total. The summed E-state index contributed by atoms with van der Waals surface area (Å²) in [6.07, 6.45) is 1.45. The molecule has 0 aliphatic heterocycles. The second-order valence-corrected chi connectivity index (χ2v) is 7.05. The van der Waals surface area contributed by atoms with Gasteiger partial charge in [0.05, 0.1) is 12.3 Å². The molecule has 1 aromatic heterocycles. The Morgan fingerprint density at radius 3 is 2.46 bits per heavy atom. The highest BCUT2D eigenvalue weighted by atomic mass is 79.9. The van der Waals surface area contributed by atoms with Crippen LogP contribution >= 0.6 is 15.9 Å². The zero-order chi connectivity index (χ0) is 19.9. The van der Waals surface area contributed by atoms with Crippen LogP contribution in [0.1, 0.15) is 34.6 Å². The quantitative estimate of drug-likeness (QED) is 0.510. The maximum atomic E-state index is 12.2. The molecule has 0 saturated heterocycles. The van der Waals surface area contributed by atoms with Crippen LogP contribution < -0.4 is 16.0 Å². The largest absolute Gasteiger partial charge is 0.459 e. The number of hydrogen-bond donors (Lipinski definition) is 3. The third-order valence-electron chi connectivity index (χ3n) is 4.13. The number of hydrogen-bond acceptors (Lipinski definition) is 3. The van der Waals surface area contributed by atoms with Gasteiger partial charge in [-0.05, 0) is 48.4 Å². The Bertz CT molecular complexity index is 940. The number of benzene rings is 2. The zero-order valence-corrected chi connectivity index (χ0v) is 16.8. The monoisotopic (exact) mass is 441 g/mol. The van der Waals surface area contributed by atoms with Gasteiger partial charge in [0.2, 0.25) is 0 Å². The second-order valence-electron chi connectivity index (χ2n) is 6.20. The third kappa shape index (κ3) is 5.23. The average molecular weight is 442 g/mol. The number of rotatable bonds is 6. The molecular weight excluding hydrogens is 422 g/mol. The standard InChI is InChI=1S/C21H20BrN3O3/c1-14(17-5-2-3-6-18(17)22)24-21(27)23-13-15-8-10-16(11-9-15)25-20(26)19-7-4-12-28-19/h2-12,14H,13H2,1H3,(H,25,26)(H2,23,24,27)/t14-/m1/s1. The first kappa shape index (κ1) is 19.7. The van der Waals surface area contributed by atoms with E-state index in [4.69, 9.17) is 4.42 Å². The minimum absolute atomic E-state index is 0.130. The van der Waals surface area contributed by atoms with Gasteiger partial charge in [-0.1, -0.05) is 46.3 Å². The molecule has 0 unspecified atom stereocenters. The van der Waals surface area contributed by atoms with Crippen molar-refractivity contribution in [2.45, 2.75) is 19.5 Å². The molecular formula is C21H20BrN3O3. The fourth-order valence-electron chi connectivity index (χ4n) is 2.64. The number of halogens is 1. The van der Waals surface area contributed by atoms with Crippen LogP contribution in [0.4, 0.5) is 10.5 Å². The molecule has 144 valence electrons. The molecule has 3 amide bonds. The van der Waals surface area contributed by atoms with E-state index in [1.165, 1.54) is 6.26 Å². The number of carbonyl (C=O) groups excluding carboxylic acids is 2. The number of carbonyl (C=O) groups is 2. The molecule has 0 radical (unpaired) electrons. The van der Waals surface area contributed by atoms with Crippen molar-refractivity contribution in [3.63, 3.8) is 0 Å². The lowest BCUT2D eigenvalue weighted by Gasteiger charge is -2.16. The van der Waals surface area contributed by atoms with E-state index in [-0.39, 0.29) is 23.7 Å². The SMILES string of the molecule is C[C@@H](NC(=O)NCc1ccc(NC(=O)c2ccco2)cc1)c1ccccc1Br. The first-order valence-corrected chi connectivity index (χ1v) is 9.55. The minimum Gasteiger partial charge on any atom is -0.459 e. The first-order valence-electron chi connectivity index (χ1n) is 8.75. The highest BCUT2D eigenvalue weighted by molar-refractivity contribution is 9.10. The number of anilines is 1. The summed E-state index contributed by atoms with van der Waals surface area (Å²) in [4.78, 5) is 24.1. The van der Waals surface area contributed by atoms with Crippen molar-refractivity contribution in [1.29, 1.82) is 0 Å². The van der Waals surface area contributed by atoms with E-state index in [1.807, 2.05) is 43.3 Å². The van der Waals surface area contributed by atoms with Gasteiger partial charge in [0.15, 0.2) is 5.76 Å². The molecule has 1 heterocycles. The minimum atomic E-state index is -0.309. The lowest BCUT2D eigenvalue weighted by atomic mass is 10.1. The predicted molar refractivity (Wildman–Crippen MR) is 111 cm³/mol. The van der Waals surface area contributed by atoms with Crippen LogP contribution in [0.25, 0.3) is 0 Å². The van der Waals surface area contributed by atoms with Crippen molar-refractivity contribution >= 4 is 33.6 Å². The van der Waals surface area contributed by atoms with Crippen molar-refractivity contribution in [1.82, 2.24) is 10.6 Å². The Balaban J connectivity index is 1.48. The van der Waals surface area contributed by atoms with Gasteiger partial charge in [0.1, 0.15) is 0 Å². The van der Waals surface area contributed by atoms with E-state index in [2.05, 4.69) is 31.9 Å². The van der Waals surface area contributed by atoms with E-state index < -0.39 is 0 Å².